The van der Waals surface area contributed by atoms with Crippen LogP contribution in [0.5, 0.6) is 11.5 Å². The first-order chi connectivity index (χ1) is 18.5. The molecule has 0 aliphatic carbocycles. The van der Waals surface area contributed by atoms with Gasteiger partial charge in [0.15, 0.2) is 16.3 Å². The Hall–Kier alpha value is -4.43. The lowest BCUT2D eigenvalue weighted by Crippen LogP contribution is -2.40. The van der Waals surface area contributed by atoms with Crippen molar-refractivity contribution in [3.8, 4) is 11.5 Å². The third-order valence-corrected chi connectivity index (χ3v) is 7.52. The molecule has 2 aliphatic rings. The maximum absolute atomic E-state index is 14.0. The van der Waals surface area contributed by atoms with Gasteiger partial charge in [0.1, 0.15) is 0 Å². The zero-order valence-corrected chi connectivity index (χ0v) is 21.7. The number of ether oxygens (including phenoxy) is 3. The van der Waals surface area contributed by atoms with Crippen molar-refractivity contribution < 1.29 is 19.0 Å². The molecule has 0 amide bonds. The Morgan fingerprint density at radius 3 is 2.47 bits per heavy atom. The van der Waals surface area contributed by atoms with Gasteiger partial charge in [-0.25, -0.2) is 9.79 Å². The molecule has 0 radical (unpaired) electrons. The van der Waals surface area contributed by atoms with Gasteiger partial charge in [-0.2, -0.15) is 0 Å². The Kier molecular flexibility index (Phi) is 6.17. The van der Waals surface area contributed by atoms with Crippen LogP contribution in [0.2, 0.25) is 0 Å². The van der Waals surface area contributed by atoms with Crippen LogP contribution < -0.4 is 24.4 Å². The van der Waals surface area contributed by atoms with Crippen LogP contribution >= 0.6 is 11.3 Å². The number of carbonyl (C=O) groups excluding carboxylic acids is 1. The Balaban J connectivity index is 1.62. The summed E-state index contributed by atoms with van der Waals surface area (Å²) in [5, 5.41) is 0. The highest BCUT2D eigenvalue weighted by Gasteiger charge is 2.35. The minimum atomic E-state index is -0.693. The quantitative estimate of drug-likeness (QED) is 0.369. The van der Waals surface area contributed by atoms with E-state index < -0.39 is 12.0 Å². The van der Waals surface area contributed by atoms with Crippen molar-refractivity contribution in [3.05, 3.63) is 120 Å². The number of hydrogen-bond donors (Lipinski definition) is 0. The number of carbonyl (C=O) groups is 1. The number of fused-ring (bicyclic) bond motifs is 2. The minimum Gasteiger partial charge on any atom is -0.463 e. The molecule has 0 spiro atoms. The number of thiazole rings is 1. The SMILES string of the molecule is CCOC(=O)C1=C(c2ccccc2)N=c2s/c(=C\c3cc4c(cc3C)OCO4)c(=O)n2[C@@H]1c1ccccc1. The predicted molar refractivity (Wildman–Crippen MR) is 145 cm³/mol. The fourth-order valence-corrected chi connectivity index (χ4v) is 5.74. The number of benzene rings is 3. The highest BCUT2D eigenvalue weighted by molar-refractivity contribution is 7.07. The molecule has 8 heteroatoms. The first kappa shape index (κ1) is 23.9. The second-order valence-electron chi connectivity index (χ2n) is 8.90. The van der Waals surface area contributed by atoms with E-state index in [1.165, 1.54) is 11.3 Å². The van der Waals surface area contributed by atoms with E-state index in [1.807, 2.05) is 85.8 Å². The van der Waals surface area contributed by atoms with Gasteiger partial charge in [0.2, 0.25) is 6.79 Å². The largest absolute Gasteiger partial charge is 0.463 e. The van der Waals surface area contributed by atoms with Gasteiger partial charge >= 0.3 is 5.97 Å². The van der Waals surface area contributed by atoms with Crippen molar-refractivity contribution in [3.63, 3.8) is 0 Å². The first-order valence-electron chi connectivity index (χ1n) is 12.3. The molecule has 190 valence electrons. The molecule has 6 rings (SSSR count). The fourth-order valence-electron chi connectivity index (χ4n) is 4.75. The van der Waals surface area contributed by atoms with Crippen LogP contribution in [0.3, 0.4) is 0 Å². The first-order valence-corrected chi connectivity index (χ1v) is 13.1. The molecule has 0 fully saturated rings. The summed E-state index contributed by atoms with van der Waals surface area (Å²) in [6, 6.07) is 22.1. The molecule has 2 aliphatic heterocycles. The molecular weight excluding hydrogens is 500 g/mol. The predicted octanol–water partition coefficient (Wildman–Crippen LogP) is 3.97. The average molecular weight is 525 g/mol. The summed E-state index contributed by atoms with van der Waals surface area (Å²) in [6.45, 7) is 4.11. The number of aromatic nitrogens is 1. The van der Waals surface area contributed by atoms with Gasteiger partial charge in [0.25, 0.3) is 5.56 Å². The number of hydrogen-bond acceptors (Lipinski definition) is 7. The third kappa shape index (κ3) is 4.13. The van der Waals surface area contributed by atoms with Crippen molar-refractivity contribution in [2.24, 2.45) is 4.99 Å². The van der Waals surface area contributed by atoms with E-state index in [0.717, 1.165) is 22.3 Å². The molecule has 3 heterocycles. The monoisotopic (exact) mass is 524 g/mol. The highest BCUT2D eigenvalue weighted by atomic mass is 32.1. The van der Waals surface area contributed by atoms with E-state index in [9.17, 15) is 9.59 Å². The molecule has 0 unspecified atom stereocenters. The lowest BCUT2D eigenvalue weighted by molar-refractivity contribution is -0.138. The van der Waals surface area contributed by atoms with Gasteiger partial charge in [-0.15, -0.1) is 0 Å². The van der Waals surface area contributed by atoms with E-state index in [1.54, 1.807) is 11.5 Å². The molecule has 4 aromatic rings. The van der Waals surface area contributed by atoms with E-state index >= 15 is 0 Å². The van der Waals surface area contributed by atoms with Crippen molar-refractivity contribution in [1.82, 2.24) is 4.57 Å². The smallest absolute Gasteiger partial charge is 0.338 e. The molecule has 1 aromatic heterocycles. The molecule has 0 bridgehead atoms. The van der Waals surface area contributed by atoms with Gasteiger partial charge < -0.3 is 14.2 Å². The van der Waals surface area contributed by atoms with Crippen LogP contribution in [0.15, 0.2) is 88.2 Å². The van der Waals surface area contributed by atoms with Crippen molar-refractivity contribution in [2.45, 2.75) is 19.9 Å². The molecular formula is C30H24N2O5S. The number of esters is 1. The molecule has 0 N–H and O–H groups in total. The Labute approximate surface area is 222 Å². The molecule has 0 saturated heterocycles. The van der Waals surface area contributed by atoms with Crippen LogP contribution in [0, 0.1) is 6.92 Å². The lowest BCUT2D eigenvalue weighted by Gasteiger charge is -2.25. The van der Waals surface area contributed by atoms with Gasteiger partial charge in [-0.1, -0.05) is 72.0 Å². The Bertz CT molecular complexity index is 1750. The maximum atomic E-state index is 14.0. The normalized spacial score (nSPS) is 16.3. The summed E-state index contributed by atoms with van der Waals surface area (Å²) in [4.78, 5) is 32.8. The Morgan fingerprint density at radius 2 is 1.76 bits per heavy atom. The van der Waals surface area contributed by atoms with E-state index in [4.69, 9.17) is 19.2 Å². The van der Waals surface area contributed by atoms with Crippen molar-refractivity contribution in [1.29, 1.82) is 0 Å². The lowest BCUT2D eigenvalue weighted by atomic mass is 9.93. The Morgan fingerprint density at radius 1 is 1.08 bits per heavy atom. The summed E-state index contributed by atoms with van der Waals surface area (Å²) in [6.07, 6.45) is 1.85. The maximum Gasteiger partial charge on any atom is 0.338 e. The standard InChI is InChI=1S/C30H24N2O5S/c1-3-35-29(34)25-26(19-10-6-4-7-11-19)31-30-32(27(25)20-12-8-5-9-13-20)28(33)24(38-30)16-21-15-23-22(14-18(21)2)36-17-37-23/h4-16,27H,3,17H2,1-2H3/b24-16-/t27-/m1/s1. The number of rotatable bonds is 5. The number of aryl methyl sites for hydroxylation is 1. The highest BCUT2D eigenvalue weighted by Crippen LogP contribution is 2.36. The summed E-state index contributed by atoms with van der Waals surface area (Å²) >= 11 is 1.29. The van der Waals surface area contributed by atoms with Crippen molar-refractivity contribution in [2.75, 3.05) is 13.4 Å². The van der Waals surface area contributed by atoms with Gasteiger partial charge in [-0.05, 0) is 48.7 Å². The second kappa shape index (κ2) is 9.79. The second-order valence-corrected chi connectivity index (χ2v) is 9.91. The summed E-state index contributed by atoms with van der Waals surface area (Å²) < 4.78 is 18.6. The molecule has 7 nitrogen and oxygen atoms in total. The van der Waals surface area contributed by atoms with Crippen LogP contribution in [-0.4, -0.2) is 23.9 Å². The summed E-state index contributed by atoms with van der Waals surface area (Å²) in [5.41, 5.74) is 3.99. The van der Waals surface area contributed by atoms with E-state index in [0.29, 0.717) is 32.1 Å². The number of nitrogens with zero attached hydrogens (tertiary/aromatic N) is 2. The third-order valence-electron chi connectivity index (χ3n) is 6.54. The van der Waals surface area contributed by atoms with Crippen molar-refractivity contribution >= 4 is 29.1 Å². The van der Waals surface area contributed by atoms with E-state index in [-0.39, 0.29) is 19.0 Å². The average Bonchev–Trinajstić information content (AvgIpc) is 3.52. The fraction of sp³-hybridized carbons (Fsp3) is 0.167. The molecule has 38 heavy (non-hydrogen) atoms. The van der Waals surface area contributed by atoms with Crippen LogP contribution in [0.4, 0.5) is 0 Å². The van der Waals surface area contributed by atoms with Crippen LogP contribution in [-0.2, 0) is 9.53 Å². The van der Waals surface area contributed by atoms with Gasteiger partial charge in [0, 0.05) is 5.56 Å². The molecule has 1 atom stereocenters. The van der Waals surface area contributed by atoms with Crippen LogP contribution in [0.1, 0.15) is 35.2 Å². The van der Waals surface area contributed by atoms with Gasteiger partial charge in [0.05, 0.1) is 28.5 Å². The topological polar surface area (TPSA) is 79.1 Å². The van der Waals surface area contributed by atoms with Gasteiger partial charge in [-0.3, -0.25) is 9.36 Å². The zero-order valence-electron chi connectivity index (χ0n) is 20.8. The zero-order chi connectivity index (χ0) is 26.2. The van der Waals surface area contributed by atoms with Crippen LogP contribution in [0.25, 0.3) is 11.8 Å². The molecule has 3 aromatic carbocycles. The van der Waals surface area contributed by atoms with E-state index in [2.05, 4.69) is 0 Å². The summed E-state index contributed by atoms with van der Waals surface area (Å²) in [5.74, 6) is 0.842. The minimum absolute atomic E-state index is 0.177. The molecule has 0 saturated carbocycles. The summed E-state index contributed by atoms with van der Waals surface area (Å²) in [7, 11) is 0.